The lowest BCUT2D eigenvalue weighted by Crippen LogP contribution is -2.40. The molecule has 1 aromatic rings. The van der Waals surface area contributed by atoms with Gasteiger partial charge in [0.05, 0.1) is 17.0 Å². The average Bonchev–Trinajstić information content (AvgIpc) is 3.39. The molecule has 0 radical (unpaired) electrons. The van der Waals surface area contributed by atoms with E-state index in [1.54, 1.807) is 0 Å². The minimum absolute atomic E-state index is 0.0106. The van der Waals surface area contributed by atoms with Gasteiger partial charge in [-0.3, -0.25) is 10.1 Å². The topological polar surface area (TPSA) is 82.0 Å². The Labute approximate surface area is 131 Å². The van der Waals surface area contributed by atoms with Gasteiger partial charge in [-0.15, -0.1) is 0 Å². The van der Waals surface area contributed by atoms with Crippen LogP contribution in [0.4, 0.5) is 13.6 Å². The highest BCUT2D eigenvalue weighted by Crippen LogP contribution is 2.50. The Kier molecular flexibility index (Phi) is 3.55. The molecule has 0 spiro atoms. The Bertz CT molecular complexity index is 747. The summed E-state index contributed by atoms with van der Waals surface area (Å²) in [5, 5.41) is 13.7. The summed E-state index contributed by atoms with van der Waals surface area (Å²) in [6.45, 7) is 1.34. The van der Waals surface area contributed by atoms with Gasteiger partial charge in [0.25, 0.3) is 5.91 Å². The third kappa shape index (κ3) is 2.77. The number of nitriles is 1. The Balaban J connectivity index is 1.87. The van der Waals surface area contributed by atoms with Gasteiger partial charge in [0.1, 0.15) is 11.6 Å². The molecule has 2 N–H and O–H groups in total. The van der Waals surface area contributed by atoms with Crippen LogP contribution in [0.15, 0.2) is 6.07 Å². The molecule has 2 fully saturated rings. The summed E-state index contributed by atoms with van der Waals surface area (Å²) >= 11 is 0. The maximum absolute atomic E-state index is 14.4. The molecule has 0 aromatic heterocycles. The monoisotopic (exact) mass is 319 g/mol. The van der Waals surface area contributed by atoms with Crippen molar-refractivity contribution in [3.63, 3.8) is 0 Å². The van der Waals surface area contributed by atoms with Crippen molar-refractivity contribution in [1.82, 2.24) is 10.6 Å². The number of carbonyl (C=O) groups is 2. The van der Waals surface area contributed by atoms with Crippen molar-refractivity contribution in [2.24, 2.45) is 0 Å². The van der Waals surface area contributed by atoms with E-state index in [4.69, 9.17) is 5.26 Å². The van der Waals surface area contributed by atoms with E-state index < -0.39 is 34.6 Å². The van der Waals surface area contributed by atoms with E-state index in [0.29, 0.717) is 12.8 Å². The Morgan fingerprint density at radius 1 is 1.35 bits per heavy atom. The molecule has 0 atom stereocenters. The van der Waals surface area contributed by atoms with Crippen molar-refractivity contribution in [2.75, 3.05) is 0 Å². The average molecular weight is 319 g/mol. The SMILES string of the molecule is Cc1c(F)c(C(=O)NC(=O)NC2CC2)cc(F)c1C1(C#N)CC1. The molecule has 23 heavy (non-hydrogen) atoms. The fraction of sp³-hybridized carbons (Fsp3) is 0.438. The summed E-state index contributed by atoms with van der Waals surface area (Å²) < 4.78 is 28.8. The normalized spacial score (nSPS) is 18.0. The third-order valence-electron chi connectivity index (χ3n) is 4.28. The van der Waals surface area contributed by atoms with E-state index >= 15 is 0 Å². The Hall–Kier alpha value is -2.49. The number of carbonyl (C=O) groups excluding carboxylic acids is 2. The number of hydrogen-bond donors (Lipinski definition) is 2. The zero-order valence-corrected chi connectivity index (χ0v) is 12.5. The molecule has 7 heteroatoms. The summed E-state index contributed by atoms with van der Waals surface area (Å²) in [7, 11) is 0. The molecule has 0 bridgehead atoms. The first-order chi connectivity index (χ1) is 10.9. The molecular weight excluding hydrogens is 304 g/mol. The molecule has 120 valence electrons. The van der Waals surface area contributed by atoms with Gasteiger partial charge in [-0.2, -0.15) is 5.26 Å². The fourth-order valence-corrected chi connectivity index (χ4v) is 2.67. The fourth-order valence-electron chi connectivity index (χ4n) is 2.67. The van der Waals surface area contributed by atoms with Gasteiger partial charge >= 0.3 is 6.03 Å². The summed E-state index contributed by atoms with van der Waals surface area (Å²) in [5.74, 6) is -2.70. The van der Waals surface area contributed by atoms with Gasteiger partial charge in [-0.1, -0.05) is 0 Å². The molecule has 1 aromatic carbocycles. The second kappa shape index (κ2) is 5.30. The second-order valence-corrected chi connectivity index (χ2v) is 6.12. The molecule has 2 aliphatic carbocycles. The van der Waals surface area contributed by atoms with Crippen molar-refractivity contribution in [2.45, 2.75) is 44.1 Å². The van der Waals surface area contributed by atoms with Gasteiger partial charge in [0.2, 0.25) is 0 Å². The van der Waals surface area contributed by atoms with Crippen LogP contribution >= 0.6 is 0 Å². The summed E-state index contributed by atoms with van der Waals surface area (Å²) in [4.78, 5) is 23.5. The Morgan fingerprint density at radius 3 is 2.52 bits per heavy atom. The third-order valence-corrected chi connectivity index (χ3v) is 4.28. The lowest BCUT2D eigenvalue weighted by atomic mass is 9.90. The van der Waals surface area contributed by atoms with Crippen LogP contribution < -0.4 is 10.6 Å². The second-order valence-electron chi connectivity index (χ2n) is 6.12. The van der Waals surface area contributed by atoms with Gasteiger partial charge in [0, 0.05) is 11.6 Å². The van der Waals surface area contributed by atoms with Crippen LogP contribution in [0.2, 0.25) is 0 Å². The maximum Gasteiger partial charge on any atom is 0.321 e. The lowest BCUT2D eigenvalue weighted by molar-refractivity contribution is 0.0959. The van der Waals surface area contributed by atoms with Gasteiger partial charge in [-0.05, 0) is 44.2 Å². The van der Waals surface area contributed by atoms with Crippen molar-refractivity contribution in [3.8, 4) is 6.07 Å². The number of benzene rings is 1. The van der Waals surface area contributed by atoms with Gasteiger partial charge in [0.15, 0.2) is 0 Å². The van der Waals surface area contributed by atoms with E-state index in [9.17, 15) is 18.4 Å². The molecule has 0 heterocycles. The van der Waals surface area contributed by atoms with Crippen molar-refractivity contribution in [3.05, 3.63) is 34.4 Å². The number of imide groups is 1. The number of urea groups is 1. The minimum Gasteiger partial charge on any atom is -0.335 e. The predicted octanol–water partition coefficient (Wildman–Crippen LogP) is 2.43. The highest BCUT2D eigenvalue weighted by atomic mass is 19.1. The van der Waals surface area contributed by atoms with Crippen molar-refractivity contribution < 1.29 is 18.4 Å². The molecule has 2 saturated carbocycles. The van der Waals surface area contributed by atoms with E-state index in [1.807, 2.05) is 11.4 Å². The quantitative estimate of drug-likeness (QED) is 0.897. The molecule has 0 aliphatic heterocycles. The van der Waals surface area contributed by atoms with Gasteiger partial charge < -0.3 is 5.32 Å². The van der Waals surface area contributed by atoms with Crippen LogP contribution in [0.25, 0.3) is 0 Å². The summed E-state index contributed by atoms with van der Waals surface area (Å²) in [6.07, 6.45) is 2.62. The zero-order valence-electron chi connectivity index (χ0n) is 12.5. The van der Waals surface area contributed by atoms with Crippen LogP contribution in [0.3, 0.4) is 0 Å². The predicted molar refractivity (Wildman–Crippen MR) is 76.6 cm³/mol. The first-order valence-electron chi connectivity index (χ1n) is 7.40. The van der Waals surface area contributed by atoms with Crippen LogP contribution in [-0.4, -0.2) is 18.0 Å². The molecular formula is C16H15F2N3O2. The zero-order chi connectivity index (χ0) is 16.8. The number of rotatable bonds is 3. The molecule has 0 saturated heterocycles. The molecule has 3 rings (SSSR count). The smallest absolute Gasteiger partial charge is 0.321 e. The summed E-state index contributed by atoms with van der Waals surface area (Å²) in [5.41, 5.74) is -1.58. The molecule has 2 aliphatic rings. The molecule has 5 nitrogen and oxygen atoms in total. The number of hydrogen-bond acceptors (Lipinski definition) is 3. The number of halogens is 2. The highest BCUT2D eigenvalue weighted by Gasteiger charge is 2.48. The minimum atomic E-state index is -1.00. The van der Waals surface area contributed by atoms with Crippen LogP contribution in [0.5, 0.6) is 0 Å². The van der Waals surface area contributed by atoms with Crippen molar-refractivity contribution in [1.29, 1.82) is 5.26 Å². The Morgan fingerprint density at radius 2 is 2.00 bits per heavy atom. The van der Waals surface area contributed by atoms with Crippen LogP contribution in [-0.2, 0) is 5.41 Å². The van der Waals surface area contributed by atoms with Crippen LogP contribution in [0.1, 0.15) is 47.2 Å². The molecule has 3 amide bonds. The largest absolute Gasteiger partial charge is 0.335 e. The van der Waals surface area contributed by atoms with E-state index in [2.05, 4.69) is 5.32 Å². The first-order valence-corrected chi connectivity index (χ1v) is 7.40. The molecule has 0 unspecified atom stereocenters. The number of amides is 3. The van der Waals surface area contributed by atoms with Crippen LogP contribution in [0, 0.1) is 29.9 Å². The maximum atomic E-state index is 14.4. The lowest BCUT2D eigenvalue weighted by Gasteiger charge is -2.15. The highest BCUT2D eigenvalue weighted by molar-refractivity contribution is 6.04. The standard InChI is InChI=1S/C16H15F2N3O2/c1-8-12(16(7-19)4-5-16)11(17)6-10(13(8)18)14(22)21-15(23)20-9-2-3-9/h6,9H,2-5H2,1H3,(H2,20,21,22,23). The van der Waals surface area contributed by atoms with E-state index in [-0.39, 0.29) is 17.2 Å². The first kappa shape index (κ1) is 15.4. The number of nitrogens with one attached hydrogen (secondary N) is 2. The van der Waals surface area contributed by atoms with Gasteiger partial charge in [-0.25, -0.2) is 13.6 Å². The van der Waals surface area contributed by atoms with Crippen molar-refractivity contribution >= 4 is 11.9 Å². The van der Waals surface area contributed by atoms with E-state index in [1.165, 1.54) is 6.92 Å². The number of nitrogens with zero attached hydrogens (tertiary/aromatic N) is 1. The van der Waals surface area contributed by atoms with E-state index in [0.717, 1.165) is 18.9 Å². The summed E-state index contributed by atoms with van der Waals surface area (Å²) in [6, 6.07) is 2.09.